The number of alkyl halides is 3. The van der Waals surface area contributed by atoms with Gasteiger partial charge in [0.25, 0.3) is 0 Å². The van der Waals surface area contributed by atoms with E-state index in [0.717, 1.165) is 23.1 Å². The summed E-state index contributed by atoms with van der Waals surface area (Å²) in [5.74, 6) is -2.40. The highest BCUT2D eigenvalue weighted by Gasteiger charge is 2.47. The summed E-state index contributed by atoms with van der Waals surface area (Å²) >= 11 is 0. The van der Waals surface area contributed by atoms with Crippen LogP contribution in [0.25, 0.3) is 0 Å². The largest absolute Gasteiger partial charge is 0.416 e. The van der Waals surface area contributed by atoms with Gasteiger partial charge in [0, 0.05) is 18.8 Å². The Balaban J connectivity index is 1.90. The van der Waals surface area contributed by atoms with Gasteiger partial charge in [-0.3, -0.25) is 19.3 Å². The number of carbonyl (C=O) groups excluding carboxylic acids is 3. The number of hydrogen-bond acceptors (Lipinski definition) is 3. The Morgan fingerprint density at radius 3 is 2.43 bits per heavy atom. The minimum Gasteiger partial charge on any atom is -0.299 e. The van der Waals surface area contributed by atoms with Gasteiger partial charge in [-0.25, -0.2) is 0 Å². The summed E-state index contributed by atoms with van der Waals surface area (Å²) < 4.78 is 38.4. The minimum absolute atomic E-state index is 0.0398. The molecule has 0 radical (unpaired) electrons. The smallest absolute Gasteiger partial charge is 0.299 e. The summed E-state index contributed by atoms with van der Waals surface area (Å²) in [6.45, 7) is 0. The zero-order valence-electron chi connectivity index (χ0n) is 12.1. The number of imide groups is 1. The van der Waals surface area contributed by atoms with Crippen molar-refractivity contribution in [2.24, 2.45) is 11.8 Å². The molecule has 1 saturated heterocycles. The average molecular weight is 325 g/mol. The first-order valence-corrected chi connectivity index (χ1v) is 7.36. The molecule has 0 N–H and O–H groups in total. The third-order valence-corrected chi connectivity index (χ3v) is 4.45. The molecule has 2 aliphatic rings. The van der Waals surface area contributed by atoms with E-state index in [9.17, 15) is 27.6 Å². The first kappa shape index (κ1) is 15.7. The van der Waals surface area contributed by atoms with Gasteiger partial charge in [-0.15, -0.1) is 0 Å². The number of amides is 2. The molecule has 7 heteroatoms. The lowest BCUT2D eigenvalue weighted by molar-refractivity contribution is -0.137. The SMILES string of the molecule is O=C1CCCC1C1CC(=O)N(c2cccc(C(F)(F)F)c2)C1=O. The molecule has 4 nitrogen and oxygen atoms in total. The van der Waals surface area contributed by atoms with Gasteiger partial charge in [0.1, 0.15) is 5.78 Å². The highest BCUT2D eigenvalue weighted by Crippen LogP contribution is 2.38. The highest BCUT2D eigenvalue weighted by atomic mass is 19.4. The van der Waals surface area contributed by atoms with E-state index in [4.69, 9.17) is 0 Å². The highest BCUT2D eigenvalue weighted by molar-refractivity contribution is 6.21. The number of ketones is 1. The van der Waals surface area contributed by atoms with Gasteiger partial charge in [-0.1, -0.05) is 6.07 Å². The summed E-state index contributed by atoms with van der Waals surface area (Å²) in [7, 11) is 0. The van der Waals surface area contributed by atoms with Crippen molar-refractivity contribution in [2.75, 3.05) is 4.90 Å². The number of benzene rings is 1. The molecular formula is C16H14F3NO3. The molecule has 2 amide bonds. The molecule has 0 aromatic heterocycles. The van der Waals surface area contributed by atoms with Crippen LogP contribution in [0.5, 0.6) is 0 Å². The van der Waals surface area contributed by atoms with E-state index in [1.54, 1.807) is 0 Å². The van der Waals surface area contributed by atoms with Gasteiger partial charge in [-0.05, 0) is 31.0 Å². The van der Waals surface area contributed by atoms with Crippen LogP contribution in [0.2, 0.25) is 0 Å². The molecule has 1 aliphatic heterocycles. The molecule has 2 fully saturated rings. The molecule has 0 bridgehead atoms. The second kappa shape index (κ2) is 5.47. The van der Waals surface area contributed by atoms with Crippen molar-refractivity contribution in [3.63, 3.8) is 0 Å². The number of nitrogens with zero attached hydrogens (tertiary/aromatic N) is 1. The molecule has 122 valence electrons. The van der Waals surface area contributed by atoms with E-state index in [1.165, 1.54) is 6.07 Å². The summed E-state index contributed by atoms with van der Waals surface area (Å²) in [5.41, 5.74) is -1.02. The van der Waals surface area contributed by atoms with Crippen LogP contribution in [-0.2, 0) is 20.6 Å². The summed E-state index contributed by atoms with van der Waals surface area (Å²) in [6.07, 6.45) is -3.04. The Labute approximate surface area is 130 Å². The van der Waals surface area contributed by atoms with E-state index >= 15 is 0 Å². The Bertz CT molecular complexity index is 683. The first-order chi connectivity index (χ1) is 10.8. The third-order valence-electron chi connectivity index (χ3n) is 4.45. The van der Waals surface area contributed by atoms with Crippen molar-refractivity contribution < 1.29 is 27.6 Å². The maximum Gasteiger partial charge on any atom is 0.416 e. The fraction of sp³-hybridized carbons (Fsp3) is 0.438. The number of halogens is 3. The Morgan fingerprint density at radius 1 is 1.09 bits per heavy atom. The van der Waals surface area contributed by atoms with Crippen molar-refractivity contribution in [1.82, 2.24) is 0 Å². The van der Waals surface area contributed by atoms with E-state index in [2.05, 4.69) is 0 Å². The molecule has 0 spiro atoms. The maximum absolute atomic E-state index is 12.8. The number of carbonyl (C=O) groups is 3. The van der Waals surface area contributed by atoms with Crippen LogP contribution >= 0.6 is 0 Å². The first-order valence-electron chi connectivity index (χ1n) is 7.36. The van der Waals surface area contributed by atoms with Gasteiger partial charge < -0.3 is 0 Å². The Hall–Kier alpha value is -2.18. The zero-order valence-corrected chi connectivity index (χ0v) is 12.1. The number of Topliss-reactive ketones (excluding diaryl/α,β-unsaturated/α-hetero) is 1. The van der Waals surface area contributed by atoms with Gasteiger partial charge in [0.2, 0.25) is 11.8 Å². The predicted molar refractivity (Wildman–Crippen MR) is 74.4 cm³/mol. The second-order valence-electron chi connectivity index (χ2n) is 5.89. The van der Waals surface area contributed by atoms with E-state index in [-0.39, 0.29) is 17.9 Å². The molecule has 1 heterocycles. The number of anilines is 1. The van der Waals surface area contributed by atoms with Crippen molar-refractivity contribution >= 4 is 23.3 Å². The van der Waals surface area contributed by atoms with E-state index in [0.29, 0.717) is 19.3 Å². The van der Waals surface area contributed by atoms with Crippen LogP contribution in [-0.4, -0.2) is 17.6 Å². The topological polar surface area (TPSA) is 54.5 Å². The summed E-state index contributed by atoms with van der Waals surface area (Å²) in [5, 5.41) is 0. The van der Waals surface area contributed by atoms with Crippen LogP contribution in [0.4, 0.5) is 18.9 Å². The molecule has 1 aromatic rings. The molecule has 23 heavy (non-hydrogen) atoms. The lowest BCUT2D eigenvalue weighted by Gasteiger charge is -2.18. The average Bonchev–Trinajstić information content (AvgIpc) is 3.01. The van der Waals surface area contributed by atoms with Crippen LogP contribution in [0, 0.1) is 11.8 Å². The molecule has 1 saturated carbocycles. The predicted octanol–water partition coefficient (Wildman–Crippen LogP) is 2.95. The van der Waals surface area contributed by atoms with Gasteiger partial charge in [0.05, 0.1) is 17.2 Å². The molecule has 1 aromatic carbocycles. The molecule has 1 aliphatic carbocycles. The Kier molecular flexibility index (Phi) is 3.74. The van der Waals surface area contributed by atoms with Crippen molar-refractivity contribution in [3.8, 4) is 0 Å². The summed E-state index contributed by atoms with van der Waals surface area (Å²) in [4.78, 5) is 37.2. The Morgan fingerprint density at radius 2 is 1.83 bits per heavy atom. The van der Waals surface area contributed by atoms with Gasteiger partial charge in [-0.2, -0.15) is 13.2 Å². The molecule has 2 atom stereocenters. The number of rotatable bonds is 2. The van der Waals surface area contributed by atoms with Gasteiger partial charge >= 0.3 is 6.18 Å². The zero-order chi connectivity index (χ0) is 16.8. The maximum atomic E-state index is 12.8. The van der Waals surface area contributed by atoms with Crippen LogP contribution in [0.15, 0.2) is 24.3 Å². The van der Waals surface area contributed by atoms with Crippen molar-refractivity contribution in [3.05, 3.63) is 29.8 Å². The quantitative estimate of drug-likeness (QED) is 0.786. The standard InChI is InChI=1S/C16H14F3NO3/c17-16(18,19)9-3-1-4-10(7-9)20-14(22)8-12(15(20)23)11-5-2-6-13(11)21/h1,3-4,7,11-12H,2,5-6,8H2. The number of hydrogen-bond donors (Lipinski definition) is 0. The lowest BCUT2D eigenvalue weighted by Crippen LogP contribution is -2.33. The minimum atomic E-state index is -4.55. The third kappa shape index (κ3) is 2.75. The molecule has 2 unspecified atom stereocenters. The normalized spacial score (nSPS) is 25.5. The van der Waals surface area contributed by atoms with Crippen molar-refractivity contribution in [2.45, 2.75) is 31.9 Å². The van der Waals surface area contributed by atoms with Crippen LogP contribution in [0.3, 0.4) is 0 Å². The molecular weight excluding hydrogens is 311 g/mol. The van der Waals surface area contributed by atoms with Crippen molar-refractivity contribution in [1.29, 1.82) is 0 Å². The van der Waals surface area contributed by atoms with Crippen LogP contribution in [0.1, 0.15) is 31.2 Å². The lowest BCUT2D eigenvalue weighted by atomic mass is 9.89. The second-order valence-corrected chi connectivity index (χ2v) is 5.89. The monoisotopic (exact) mass is 325 g/mol. The van der Waals surface area contributed by atoms with E-state index in [1.807, 2.05) is 0 Å². The van der Waals surface area contributed by atoms with Crippen LogP contribution < -0.4 is 4.90 Å². The fourth-order valence-corrected chi connectivity index (χ4v) is 3.33. The molecule has 3 rings (SSSR count). The van der Waals surface area contributed by atoms with Gasteiger partial charge in [0.15, 0.2) is 0 Å². The van der Waals surface area contributed by atoms with E-state index < -0.39 is 35.4 Å². The summed E-state index contributed by atoms with van der Waals surface area (Å²) in [6, 6.07) is 4.12. The fourth-order valence-electron chi connectivity index (χ4n) is 3.33.